The molecule has 1 atom stereocenters. The number of anilines is 2. The molecule has 1 unspecified atom stereocenters. The van der Waals surface area contributed by atoms with Crippen molar-refractivity contribution < 1.29 is 4.79 Å². The monoisotopic (exact) mass is 369 g/mol. The SMILES string of the molecule is C=CCNC(=O)c1cnc(SC)nc1Nc1ccc2c(n1)C(CC)CC2. The Hall–Kier alpha value is -2.41. The summed E-state index contributed by atoms with van der Waals surface area (Å²) in [5.74, 6) is 1.43. The third-order valence-electron chi connectivity index (χ3n) is 4.50. The minimum Gasteiger partial charge on any atom is -0.348 e. The van der Waals surface area contributed by atoms with Crippen molar-refractivity contribution in [2.75, 3.05) is 18.1 Å². The Morgan fingerprint density at radius 1 is 1.42 bits per heavy atom. The minimum atomic E-state index is -0.243. The fourth-order valence-corrected chi connectivity index (χ4v) is 3.45. The Bertz CT molecular complexity index is 824. The molecular weight excluding hydrogens is 346 g/mol. The molecule has 26 heavy (non-hydrogen) atoms. The van der Waals surface area contributed by atoms with Gasteiger partial charge in [0.1, 0.15) is 17.2 Å². The predicted octanol–water partition coefficient (Wildman–Crippen LogP) is 3.69. The number of nitrogens with one attached hydrogen (secondary N) is 2. The van der Waals surface area contributed by atoms with Gasteiger partial charge in [-0.1, -0.05) is 30.8 Å². The summed E-state index contributed by atoms with van der Waals surface area (Å²) in [4.78, 5) is 25.9. The van der Waals surface area contributed by atoms with Crippen molar-refractivity contribution in [1.29, 1.82) is 0 Å². The smallest absolute Gasteiger partial charge is 0.256 e. The quantitative estimate of drug-likeness (QED) is 0.440. The largest absolute Gasteiger partial charge is 0.348 e. The molecule has 0 saturated carbocycles. The van der Waals surface area contributed by atoms with Gasteiger partial charge in [0, 0.05) is 24.4 Å². The number of thioether (sulfide) groups is 1. The molecule has 0 fully saturated rings. The van der Waals surface area contributed by atoms with Crippen LogP contribution in [0.15, 0.2) is 36.1 Å². The molecule has 1 aliphatic rings. The predicted molar refractivity (Wildman–Crippen MR) is 105 cm³/mol. The molecule has 0 bridgehead atoms. The molecule has 0 aliphatic heterocycles. The van der Waals surface area contributed by atoms with Crippen molar-refractivity contribution in [3.05, 3.63) is 47.8 Å². The lowest BCUT2D eigenvalue weighted by molar-refractivity contribution is 0.0958. The van der Waals surface area contributed by atoms with Gasteiger partial charge in [-0.3, -0.25) is 4.79 Å². The molecule has 2 aromatic heterocycles. The fourth-order valence-electron chi connectivity index (χ4n) is 3.11. The van der Waals surface area contributed by atoms with Crippen molar-refractivity contribution in [3.8, 4) is 0 Å². The van der Waals surface area contributed by atoms with Crippen molar-refractivity contribution in [1.82, 2.24) is 20.3 Å². The highest BCUT2D eigenvalue weighted by atomic mass is 32.2. The molecule has 1 aliphatic carbocycles. The third-order valence-corrected chi connectivity index (χ3v) is 5.06. The van der Waals surface area contributed by atoms with E-state index in [1.807, 2.05) is 12.3 Å². The third kappa shape index (κ3) is 3.88. The van der Waals surface area contributed by atoms with Crippen LogP contribution in [0.25, 0.3) is 0 Å². The molecule has 0 aromatic carbocycles. The van der Waals surface area contributed by atoms with Crippen molar-refractivity contribution >= 4 is 29.3 Å². The molecule has 0 saturated heterocycles. The average Bonchev–Trinajstić information content (AvgIpc) is 3.08. The Balaban J connectivity index is 1.91. The highest BCUT2D eigenvalue weighted by Gasteiger charge is 2.23. The van der Waals surface area contributed by atoms with Crippen LogP contribution in [0.2, 0.25) is 0 Å². The summed E-state index contributed by atoms with van der Waals surface area (Å²) in [6.07, 6.45) is 8.40. The van der Waals surface area contributed by atoms with Crippen LogP contribution in [-0.4, -0.2) is 33.7 Å². The van der Waals surface area contributed by atoms with Crippen LogP contribution in [0, 0.1) is 0 Å². The minimum absolute atomic E-state index is 0.243. The Labute approximate surface area is 157 Å². The van der Waals surface area contributed by atoms with Gasteiger partial charge >= 0.3 is 0 Å². The van der Waals surface area contributed by atoms with Crippen LogP contribution in [0.1, 0.15) is 47.3 Å². The second-order valence-corrected chi connectivity index (χ2v) is 6.90. The maximum absolute atomic E-state index is 12.4. The number of nitrogens with zero attached hydrogens (tertiary/aromatic N) is 3. The van der Waals surface area contributed by atoms with Gasteiger partial charge in [-0.05, 0) is 37.1 Å². The molecule has 6 nitrogen and oxygen atoms in total. The zero-order chi connectivity index (χ0) is 18.5. The first-order valence-corrected chi connectivity index (χ1v) is 9.95. The van der Waals surface area contributed by atoms with Crippen molar-refractivity contribution in [2.24, 2.45) is 0 Å². The second kappa shape index (κ2) is 8.31. The zero-order valence-electron chi connectivity index (χ0n) is 15.1. The first kappa shape index (κ1) is 18.4. The summed E-state index contributed by atoms with van der Waals surface area (Å²) >= 11 is 1.43. The Kier molecular flexibility index (Phi) is 5.88. The number of rotatable bonds is 7. The number of amides is 1. The maximum Gasteiger partial charge on any atom is 0.256 e. The van der Waals surface area contributed by atoms with Gasteiger partial charge in [0.25, 0.3) is 5.91 Å². The number of hydrogen-bond donors (Lipinski definition) is 2. The van der Waals surface area contributed by atoms with E-state index in [1.165, 1.54) is 17.3 Å². The van der Waals surface area contributed by atoms with E-state index in [9.17, 15) is 4.79 Å². The summed E-state index contributed by atoms with van der Waals surface area (Å²) in [6.45, 7) is 6.20. The molecule has 0 radical (unpaired) electrons. The number of carbonyl (C=O) groups excluding carboxylic acids is 1. The van der Waals surface area contributed by atoms with Crippen LogP contribution in [-0.2, 0) is 6.42 Å². The molecule has 0 spiro atoms. The molecular formula is C19H23N5OS. The summed E-state index contributed by atoms with van der Waals surface area (Å²) in [5, 5.41) is 6.58. The summed E-state index contributed by atoms with van der Waals surface area (Å²) < 4.78 is 0. The van der Waals surface area contributed by atoms with Crippen LogP contribution in [0.5, 0.6) is 0 Å². The zero-order valence-corrected chi connectivity index (χ0v) is 15.9. The van der Waals surface area contributed by atoms with E-state index >= 15 is 0 Å². The van der Waals surface area contributed by atoms with Gasteiger partial charge in [0.05, 0.1) is 0 Å². The van der Waals surface area contributed by atoms with Gasteiger partial charge in [-0.15, -0.1) is 6.58 Å². The summed E-state index contributed by atoms with van der Waals surface area (Å²) in [7, 11) is 0. The van der Waals surface area contributed by atoms with Gasteiger partial charge < -0.3 is 10.6 Å². The lowest BCUT2D eigenvalue weighted by Gasteiger charge is -2.13. The van der Waals surface area contributed by atoms with Gasteiger partial charge in [0.2, 0.25) is 0 Å². The number of hydrogen-bond acceptors (Lipinski definition) is 6. The fraction of sp³-hybridized carbons (Fsp3) is 0.368. The van der Waals surface area contributed by atoms with Crippen LogP contribution < -0.4 is 10.6 Å². The lowest BCUT2D eigenvalue weighted by atomic mass is 10.0. The standard InChI is InChI=1S/C19H23N5OS/c1-4-10-20-18(25)14-11-21-19(26-3)24-17(14)23-15-9-8-13-7-6-12(5-2)16(13)22-15/h4,8-9,11-12H,1,5-7,10H2,2-3H3,(H,20,25)(H,21,22,23,24). The molecule has 2 N–H and O–H groups in total. The Morgan fingerprint density at radius 2 is 2.27 bits per heavy atom. The highest BCUT2D eigenvalue weighted by Crippen LogP contribution is 2.35. The lowest BCUT2D eigenvalue weighted by Crippen LogP contribution is -2.24. The first-order valence-electron chi connectivity index (χ1n) is 8.73. The first-order chi connectivity index (χ1) is 12.7. The molecule has 7 heteroatoms. The van der Waals surface area contributed by atoms with Crippen LogP contribution in [0.3, 0.4) is 0 Å². The second-order valence-electron chi connectivity index (χ2n) is 6.13. The summed E-state index contributed by atoms with van der Waals surface area (Å²) in [6, 6.07) is 4.07. The molecule has 136 valence electrons. The van der Waals surface area contributed by atoms with E-state index in [2.05, 4.69) is 40.2 Å². The molecule has 3 rings (SSSR count). The number of pyridine rings is 1. The van der Waals surface area contributed by atoms with Crippen molar-refractivity contribution in [2.45, 2.75) is 37.3 Å². The maximum atomic E-state index is 12.4. The number of carbonyl (C=O) groups is 1. The van der Waals surface area contributed by atoms with E-state index in [1.54, 1.807) is 12.3 Å². The number of aromatic nitrogens is 3. The van der Waals surface area contributed by atoms with Gasteiger partial charge in [-0.25, -0.2) is 15.0 Å². The Morgan fingerprint density at radius 3 is 3.00 bits per heavy atom. The van der Waals surface area contributed by atoms with Gasteiger partial charge in [-0.2, -0.15) is 0 Å². The summed E-state index contributed by atoms with van der Waals surface area (Å²) in [5.41, 5.74) is 2.87. The number of aryl methyl sites for hydroxylation is 1. The van der Waals surface area contributed by atoms with Crippen LogP contribution >= 0.6 is 11.8 Å². The molecule has 2 heterocycles. The van der Waals surface area contributed by atoms with E-state index in [-0.39, 0.29) is 5.91 Å². The molecule has 2 aromatic rings. The number of fused-ring (bicyclic) bond motifs is 1. The average molecular weight is 369 g/mol. The normalized spacial score (nSPS) is 15.4. The topological polar surface area (TPSA) is 79.8 Å². The van der Waals surface area contributed by atoms with Crippen LogP contribution in [0.4, 0.5) is 11.6 Å². The molecule has 1 amide bonds. The van der Waals surface area contributed by atoms with E-state index in [0.29, 0.717) is 34.8 Å². The van der Waals surface area contributed by atoms with E-state index < -0.39 is 0 Å². The van der Waals surface area contributed by atoms with E-state index in [0.717, 1.165) is 25.0 Å². The van der Waals surface area contributed by atoms with Crippen molar-refractivity contribution in [3.63, 3.8) is 0 Å². The van der Waals surface area contributed by atoms with Gasteiger partial charge in [0.15, 0.2) is 5.16 Å². The van der Waals surface area contributed by atoms with E-state index in [4.69, 9.17) is 4.98 Å². The highest BCUT2D eigenvalue weighted by molar-refractivity contribution is 7.98.